The molecular formula is C15H18N4O3. The van der Waals surface area contributed by atoms with Crippen LogP contribution in [0.5, 0.6) is 0 Å². The maximum absolute atomic E-state index is 12.0. The van der Waals surface area contributed by atoms with Crippen LogP contribution in [0, 0.1) is 24.2 Å². The van der Waals surface area contributed by atoms with Gasteiger partial charge < -0.3 is 15.7 Å². The van der Waals surface area contributed by atoms with Crippen molar-refractivity contribution in [3.8, 4) is 6.07 Å². The Bertz CT molecular complexity index is 632. The lowest BCUT2D eigenvalue weighted by molar-refractivity contribution is -0.142. The van der Waals surface area contributed by atoms with Crippen molar-refractivity contribution in [1.29, 1.82) is 5.26 Å². The number of carbonyl (C=O) groups is 2. The van der Waals surface area contributed by atoms with E-state index in [1.807, 2.05) is 13.0 Å². The Hall–Kier alpha value is -2.88. The highest BCUT2D eigenvalue weighted by atomic mass is 16.4. The summed E-state index contributed by atoms with van der Waals surface area (Å²) in [5.74, 6) is -1.70. The van der Waals surface area contributed by atoms with Crippen LogP contribution in [-0.2, 0) is 9.59 Å². The maximum Gasteiger partial charge on any atom is 0.326 e. The lowest BCUT2D eigenvalue weighted by Crippen LogP contribution is -2.44. The number of pyridine rings is 1. The first kappa shape index (κ1) is 17.2. The third-order valence-electron chi connectivity index (χ3n) is 2.84. The molecule has 0 saturated carbocycles. The number of carboxylic acids is 1. The van der Waals surface area contributed by atoms with Gasteiger partial charge in [0.2, 0.25) is 0 Å². The van der Waals surface area contributed by atoms with Gasteiger partial charge in [0, 0.05) is 11.9 Å². The highest BCUT2D eigenvalue weighted by molar-refractivity contribution is 5.99. The Morgan fingerprint density at radius 1 is 1.41 bits per heavy atom. The van der Waals surface area contributed by atoms with E-state index < -0.39 is 17.9 Å². The molecule has 0 spiro atoms. The van der Waals surface area contributed by atoms with Gasteiger partial charge in [-0.05, 0) is 25.0 Å². The van der Waals surface area contributed by atoms with Gasteiger partial charge in [-0.15, -0.1) is 0 Å². The number of carboxylic acid groups (broad SMARTS) is 1. The van der Waals surface area contributed by atoms with Crippen molar-refractivity contribution in [3.05, 3.63) is 35.7 Å². The fraction of sp³-hybridized carbons (Fsp3) is 0.333. The molecule has 1 aromatic heterocycles. The van der Waals surface area contributed by atoms with Crippen LogP contribution in [0.1, 0.15) is 19.5 Å². The number of carbonyl (C=O) groups excluding carboxylic acids is 1. The van der Waals surface area contributed by atoms with Crippen molar-refractivity contribution in [2.24, 2.45) is 5.92 Å². The molecule has 0 radical (unpaired) electrons. The second-order valence-electron chi connectivity index (χ2n) is 5.01. The normalized spacial score (nSPS) is 12.4. The molecule has 0 aliphatic heterocycles. The smallest absolute Gasteiger partial charge is 0.326 e. The Morgan fingerprint density at radius 3 is 2.59 bits per heavy atom. The van der Waals surface area contributed by atoms with Gasteiger partial charge in [-0.3, -0.25) is 4.79 Å². The summed E-state index contributed by atoms with van der Waals surface area (Å²) in [5, 5.41) is 23.1. The number of hydrogen-bond donors (Lipinski definition) is 3. The first-order chi connectivity index (χ1) is 10.3. The number of nitriles is 1. The Morgan fingerprint density at radius 2 is 2.09 bits per heavy atom. The monoisotopic (exact) mass is 302 g/mol. The minimum absolute atomic E-state index is 0.227. The van der Waals surface area contributed by atoms with Gasteiger partial charge in [0.25, 0.3) is 5.91 Å². The molecule has 7 heteroatoms. The highest BCUT2D eigenvalue weighted by Gasteiger charge is 2.24. The molecule has 0 bridgehead atoms. The quantitative estimate of drug-likeness (QED) is 0.541. The summed E-state index contributed by atoms with van der Waals surface area (Å²) in [6.45, 7) is 5.15. The summed E-state index contributed by atoms with van der Waals surface area (Å²) in [6, 6.07) is 5.96. The molecule has 0 aromatic carbocycles. The van der Waals surface area contributed by atoms with E-state index in [4.69, 9.17) is 10.4 Å². The van der Waals surface area contributed by atoms with E-state index in [2.05, 4.69) is 15.6 Å². The molecule has 116 valence electrons. The fourth-order valence-electron chi connectivity index (χ4n) is 1.65. The zero-order chi connectivity index (χ0) is 16.7. The van der Waals surface area contributed by atoms with Crippen molar-refractivity contribution < 1.29 is 14.7 Å². The lowest BCUT2D eigenvalue weighted by Gasteiger charge is -2.17. The number of aromatic nitrogens is 1. The predicted molar refractivity (Wildman–Crippen MR) is 80.7 cm³/mol. The van der Waals surface area contributed by atoms with Crippen molar-refractivity contribution in [2.75, 3.05) is 5.32 Å². The van der Waals surface area contributed by atoms with Crippen LogP contribution in [0.2, 0.25) is 0 Å². The highest BCUT2D eigenvalue weighted by Crippen LogP contribution is 2.06. The van der Waals surface area contributed by atoms with Crippen molar-refractivity contribution in [1.82, 2.24) is 10.3 Å². The standard InChI is InChI=1S/C15H18N4O3/c1-9(2)13(15(21)22)19-14(20)11(7-16)8-17-12-6-4-5-10(3)18-12/h4-6,8-9,13H,1-3H3,(H,17,18)(H,19,20)(H,21,22)/b11-8-. The number of rotatable bonds is 6. The largest absolute Gasteiger partial charge is 0.480 e. The summed E-state index contributed by atoms with van der Waals surface area (Å²) in [7, 11) is 0. The zero-order valence-corrected chi connectivity index (χ0v) is 12.6. The van der Waals surface area contributed by atoms with Gasteiger partial charge in [-0.25, -0.2) is 9.78 Å². The summed E-state index contributed by atoms with van der Waals surface area (Å²) in [4.78, 5) is 27.2. The number of aliphatic carboxylic acids is 1. The molecule has 1 heterocycles. The van der Waals surface area contributed by atoms with Gasteiger partial charge in [0.05, 0.1) is 0 Å². The molecule has 22 heavy (non-hydrogen) atoms. The van der Waals surface area contributed by atoms with Crippen molar-refractivity contribution >= 4 is 17.7 Å². The second-order valence-corrected chi connectivity index (χ2v) is 5.01. The molecule has 1 atom stereocenters. The number of hydrogen-bond acceptors (Lipinski definition) is 5. The van der Waals surface area contributed by atoms with E-state index in [1.54, 1.807) is 32.0 Å². The first-order valence-corrected chi connectivity index (χ1v) is 6.69. The molecular weight excluding hydrogens is 284 g/mol. The van der Waals surface area contributed by atoms with E-state index in [1.165, 1.54) is 6.20 Å². The third kappa shape index (κ3) is 4.90. The van der Waals surface area contributed by atoms with E-state index in [0.717, 1.165) is 5.69 Å². The Kier molecular flexibility index (Phi) is 6.08. The van der Waals surface area contributed by atoms with Crippen LogP contribution in [0.25, 0.3) is 0 Å². The van der Waals surface area contributed by atoms with Crippen LogP contribution in [-0.4, -0.2) is 28.0 Å². The number of amides is 1. The molecule has 7 nitrogen and oxygen atoms in total. The molecule has 0 aliphatic rings. The van der Waals surface area contributed by atoms with E-state index in [9.17, 15) is 9.59 Å². The summed E-state index contributed by atoms with van der Waals surface area (Å²) in [6.07, 6.45) is 1.20. The zero-order valence-electron chi connectivity index (χ0n) is 12.6. The molecule has 1 aromatic rings. The van der Waals surface area contributed by atoms with Gasteiger partial charge in [0.15, 0.2) is 0 Å². The molecule has 0 saturated heterocycles. The van der Waals surface area contributed by atoms with Gasteiger partial charge in [-0.1, -0.05) is 19.9 Å². The molecule has 1 amide bonds. The average molecular weight is 302 g/mol. The van der Waals surface area contributed by atoms with Crippen LogP contribution < -0.4 is 10.6 Å². The van der Waals surface area contributed by atoms with Crippen LogP contribution in [0.3, 0.4) is 0 Å². The maximum atomic E-state index is 12.0. The average Bonchev–Trinajstić information content (AvgIpc) is 2.44. The summed E-state index contributed by atoms with van der Waals surface area (Å²) in [5.41, 5.74) is 0.558. The number of anilines is 1. The number of nitrogens with zero attached hydrogens (tertiary/aromatic N) is 2. The molecule has 0 fully saturated rings. The minimum atomic E-state index is -1.14. The van der Waals surface area contributed by atoms with Crippen LogP contribution in [0.4, 0.5) is 5.82 Å². The Labute approximate surface area is 128 Å². The topological polar surface area (TPSA) is 115 Å². The fourth-order valence-corrected chi connectivity index (χ4v) is 1.65. The predicted octanol–water partition coefficient (Wildman–Crippen LogP) is 1.43. The SMILES string of the molecule is Cc1cccc(N/C=C(/C#N)C(=O)NC(C(=O)O)C(C)C)n1. The molecule has 1 rings (SSSR count). The van der Waals surface area contributed by atoms with Gasteiger partial charge in [0.1, 0.15) is 23.5 Å². The van der Waals surface area contributed by atoms with Crippen LogP contribution in [0.15, 0.2) is 30.0 Å². The molecule has 0 aliphatic carbocycles. The van der Waals surface area contributed by atoms with E-state index in [0.29, 0.717) is 5.82 Å². The Balaban J connectivity index is 2.82. The summed E-state index contributed by atoms with van der Waals surface area (Å²) < 4.78 is 0. The van der Waals surface area contributed by atoms with E-state index in [-0.39, 0.29) is 11.5 Å². The van der Waals surface area contributed by atoms with E-state index >= 15 is 0 Å². The van der Waals surface area contributed by atoms with Gasteiger partial charge >= 0.3 is 5.97 Å². The molecule has 1 unspecified atom stereocenters. The number of aryl methyl sites for hydroxylation is 1. The van der Waals surface area contributed by atoms with Crippen molar-refractivity contribution in [2.45, 2.75) is 26.8 Å². The minimum Gasteiger partial charge on any atom is -0.480 e. The summed E-state index contributed by atoms with van der Waals surface area (Å²) >= 11 is 0. The molecule has 3 N–H and O–H groups in total. The third-order valence-corrected chi connectivity index (χ3v) is 2.84. The van der Waals surface area contributed by atoms with Gasteiger partial charge in [-0.2, -0.15) is 5.26 Å². The van der Waals surface area contributed by atoms with Crippen molar-refractivity contribution in [3.63, 3.8) is 0 Å². The second kappa shape index (κ2) is 7.78. The first-order valence-electron chi connectivity index (χ1n) is 6.69. The number of nitrogens with one attached hydrogen (secondary N) is 2. The van der Waals surface area contributed by atoms with Crippen LogP contribution >= 0.6 is 0 Å². The lowest BCUT2D eigenvalue weighted by atomic mass is 10.0.